The number of guanidine groups is 1. The maximum Gasteiger partial charge on any atom is 0.192 e. The van der Waals surface area contributed by atoms with Crippen LogP contribution >= 0.6 is 0 Å². The Morgan fingerprint density at radius 3 is 2.75 bits per heavy atom. The summed E-state index contributed by atoms with van der Waals surface area (Å²) >= 11 is 0. The maximum atomic E-state index is 13.7. The van der Waals surface area contributed by atoms with Crippen LogP contribution in [0.2, 0.25) is 0 Å². The molecule has 2 rings (SSSR count). The molecule has 86 valence electrons. The number of hydrogen-bond acceptors (Lipinski definition) is 3. The number of aliphatic imine (C=N–C) groups is 1. The molecule has 0 amide bonds. The molecule has 4 heteroatoms. The second-order valence-electron chi connectivity index (χ2n) is 4.24. The zero-order valence-corrected chi connectivity index (χ0v) is 9.52. The van der Waals surface area contributed by atoms with Crippen molar-refractivity contribution in [1.29, 1.82) is 0 Å². The third-order valence-electron chi connectivity index (χ3n) is 2.85. The highest BCUT2D eigenvalue weighted by Crippen LogP contribution is 2.28. The fourth-order valence-corrected chi connectivity index (χ4v) is 2.13. The molecular weight excluding hydrogens is 205 g/mol. The number of nitrogens with two attached hydrogens (primary N) is 1. The molecule has 1 aromatic carbocycles. The van der Waals surface area contributed by atoms with E-state index in [1.165, 1.54) is 6.07 Å². The minimum atomic E-state index is -0.192. The van der Waals surface area contributed by atoms with Gasteiger partial charge in [0.15, 0.2) is 5.96 Å². The van der Waals surface area contributed by atoms with Gasteiger partial charge in [-0.1, -0.05) is 18.2 Å². The molecule has 1 unspecified atom stereocenters. The molecular formula is C12H16FN3. The van der Waals surface area contributed by atoms with Crippen LogP contribution in [0.25, 0.3) is 0 Å². The van der Waals surface area contributed by atoms with Crippen LogP contribution in [0.15, 0.2) is 29.3 Å². The summed E-state index contributed by atoms with van der Waals surface area (Å²) in [6, 6.07) is 6.95. The minimum Gasteiger partial charge on any atom is -0.370 e. The summed E-state index contributed by atoms with van der Waals surface area (Å²) in [6.07, 6.45) is 0. The van der Waals surface area contributed by atoms with E-state index in [0.29, 0.717) is 18.1 Å². The smallest absolute Gasteiger partial charge is 0.192 e. The first-order valence-corrected chi connectivity index (χ1v) is 5.44. The molecule has 0 saturated heterocycles. The second kappa shape index (κ2) is 4.12. The van der Waals surface area contributed by atoms with Crippen molar-refractivity contribution in [2.24, 2.45) is 10.7 Å². The molecule has 1 atom stereocenters. The van der Waals surface area contributed by atoms with Gasteiger partial charge in [0, 0.05) is 11.6 Å². The summed E-state index contributed by atoms with van der Waals surface area (Å²) in [6.45, 7) is 4.59. The van der Waals surface area contributed by atoms with E-state index in [0.717, 1.165) is 0 Å². The quantitative estimate of drug-likeness (QED) is 0.828. The van der Waals surface area contributed by atoms with Gasteiger partial charge in [0.2, 0.25) is 0 Å². The Bertz CT molecular complexity index is 414. The maximum absolute atomic E-state index is 13.7. The lowest BCUT2D eigenvalue weighted by Gasteiger charge is -2.30. The molecule has 0 radical (unpaired) electrons. The monoisotopic (exact) mass is 221 g/mol. The van der Waals surface area contributed by atoms with Crippen molar-refractivity contribution in [2.75, 3.05) is 6.54 Å². The molecule has 0 aliphatic carbocycles. The topological polar surface area (TPSA) is 41.6 Å². The largest absolute Gasteiger partial charge is 0.370 e. The zero-order chi connectivity index (χ0) is 11.7. The van der Waals surface area contributed by atoms with E-state index in [1.807, 2.05) is 24.8 Å². The summed E-state index contributed by atoms with van der Waals surface area (Å²) < 4.78 is 13.7. The molecule has 0 saturated carbocycles. The van der Waals surface area contributed by atoms with E-state index in [9.17, 15) is 4.39 Å². The van der Waals surface area contributed by atoms with Crippen LogP contribution in [0.3, 0.4) is 0 Å². The Morgan fingerprint density at radius 2 is 2.12 bits per heavy atom. The van der Waals surface area contributed by atoms with E-state index >= 15 is 0 Å². The standard InChI is InChI=1S/C12H16FN3/c1-8(2)16-11(7-15-12(16)14)9-5-3-4-6-10(9)13/h3-6,8,11H,7H2,1-2H3,(H2,14,15). The van der Waals surface area contributed by atoms with E-state index in [-0.39, 0.29) is 17.9 Å². The van der Waals surface area contributed by atoms with Gasteiger partial charge in [0.05, 0.1) is 12.6 Å². The van der Waals surface area contributed by atoms with Crippen molar-refractivity contribution in [3.05, 3.63) is 35.6 Å². The highest BCUT2D eigenvalue weighted by molar-refractivity contribution is 5.80. The number of hydrogen-bond donors (Lipinski definition) is 1. The molecule has 1 heterocycles. The lowest BCUT2D eigenvalue weighted by atomic mass is 10.0. The summed E-state index contributed by atoms with van der Waals surface area (Å²) in [7, 11) is 0. The van der Waals surface area contributed by atoms with E-state index in [4.69, 9.17) is 5.73 Å². The van der Waals surface area contributed by atoms with Gasteiger partial charge in [0.1, 0.15) is 5.82 Å². The average Bonchev–Trinajstić information content (AvgIpc) is 2.61. The lowest BCUT2D eigenvalue weighted by molar-refractivity contribution is 0.284. The SMILES string of the molecule is CC(C)N1C(N)=NCC1c1ccccc1F. The van der Waals surface area contributed by atoms with Crippen molar-refractivity contribution >= 4 is 5.96 Å². The molecule has 1 aliphatic heterocycles. The average molecular weight is 221 g/mol. The van der Waals surface area contributed by atoms with Gasteiger partial charge in [-0.15, -0.1) is 0 Å². The fourth-order valence-electron chi connectivity index (χ4n) is 2.13. The van der Waals surface area contributed by atoms with Crippen LogP contribution in [0, 0.1) is 5.82 Å². The minimum absolute atomic E-state index is 0.0683. The summed E-state index contributed by atoms with van der Waals surface area (Å²) in [5, 5.41) is 0. The Kier molecular flexibility index (Phi) is 2.81. The number of halogens is 1. The van der Waals surface area contributed by atoms with Crippen molar-refractivity contribution < 1.29 is 4.39 Å². The van der Waals surface area contributed by atoms with Crippen LogP contribution in [0.4, 0.5) is 4.39 Å². The molecule has 0 aromatic heterocycles. The van der Waals surface area contributed by atoms with Gasteiger partial charge >= 0.3 is 0 Å². The van der Waals surface area contributed by atoms with Gasteiger partial charge in [0.25, 0.3) is 0 Å². The lowest BCUT2D eigenvalue weighted by Crippen LogP contribution is -2.41. The Hall–Kier alpha value is -1.58. The first kappa shape index (κ1) is 10.9. The Labute approximate surface area is 94.8 Å². The normalized spacial score (nSPS) is 20.4. The van der Waals surface area contributed by atoms with Gasteiger partial charge in [-0.3, -0.25) is 4.99 Å². The van der Waals surface area contributed by atoms with Crippen molar-refractivity contribution in [3.8, 4) is 0 Å². The molecule has 0 bridgehead atoms. The summed E-state index contributed by atoms with van der Waals surface area (Å²) in [5.41, 5.74) is 6.48. The first-order valence-electron chi connectivity index (χ1n) is 5.44. The van der Waals surface area contributed by atoms with Gasteiger partial charge in [-0.25, -0.2) is 4.39 Å². The molecule has 16 heavy (non-hydrogen) atoms. The van der Waals surface area contributed by atoms with Crippen LogP contribution < -0.4 is 5.73 Å². The predicted octanol–water partition coefficient (Wildman–Crippen LogP) is 1.91. The Morgan fingerprint density at radius 1 is 1.44 bits per heavy atom. The first-order chi connectivity index (χ1) is 7.61. The number of rotatable bonds is 2. The van der Waals surface area contributed by atoms with Gasteiger partial charge < -0.3 is 10.6 Å². The zero-order valence-electron chi connectivity index (χ0n) is 9.52. The van der Waals surface area contributed by atoms with E-state index in [1.54, 1.807) is 12.1 Å². The molecule has 0 spiro atoms. The third kappa shape index (κ3) is 1.75. The van der Waals surface area contributed by atoms with Crippen LogP contribution in [-0.4, -0.2) is 23.4 Å². The second-order valence-corrected chi connectivity index (χ2v) is 4.24. The third-order valence-corrected chi connectivity index (χ3v) is 2.85. The van der Waals surface area contributed by atoms with Crippen molar-refractivity contribution in [3.63, 3.8) is 0 Å². The van der Waals surface area contributed by atoms with Crippen LogP contribution in [0.1, 0.15) is 25.5 Å². The molecule has 2 N–H and O–H groups in total. The predicted molar refractivity (Wildman–Crippen MR) is 62.6 cm³/mol. The van der Waals surface area contributed by atoms with E-state index < -0.39 is 0 Å². The molecule has 1 aliphatic rings. The molecule has 3 nitrogen and oxygen atoms in total. The number of nitrogens with zero attached hydrogens (tertiary/aromatic N) is 2. The van der Waals surface area contributed by atoms with Crippen molar-refractivity contribution in [2.45, 2.75) is 25.9 Å². The van der Waals surface area contributed by atoms with Gasteiger partial charge in [-0.05, 0) is 19.9 Å². The molecule has 0 fully saturated rings. The fraction of sp³-hybridized carbons (Fsp3) is 0.417. The Balaban J connectivity index is 2.33. The van der Waals surface area contributed by atoms with Crippen LogP contribution in [-0.2, 0) is 0 Å². The summed E-state index contributed by atoms with van der Waals surface area (Å²) in [4.78, 5) is 6.15. The van der Waals surface area contributed by atoms with E-state index in [2.05, 4.69) is 4.99 Å². The highest BCUT2D eigenvalue weighted by atomic mass is 19.1. The molecule has 1 aromatic rings. The number of benzene rings is 1. The van der Waals surface area contributed by atoms with Gasteiger partial charge in [-0.2, -0.15) is 0 Å². The summed E-state index contributed by atoms with van der Waals surface area (Å²) in [5.74, 6) is 0.311. The highest BCUT2D eigenvalue weighted by Gasteiger charge is 2.30. The van der Waals surface area contributed by atoms with Crippen molar-refractivity contribution in [1.82, 2.24) is 4.90 Å². The van der Waals surface area contributed by atoms with Crippen LogP contribution in [0.5, 0.6) is 0 Å².